The standard InChI is InChI=1S/C18H40N2/c1-15(2)9-8-11-19-14-17(5)13-18(6,7)20-12-10-16(3)4/h15-17,19-20H,8-14H2,1-7H3. The van der Waals surface area contributed by atoms with Crippen LogP contribution in [0.25, 0.3) is 0 Å². The van der Waals surface area contributed by atoms with Gasteiger partial charge in [-0.3, -0.25) is 0 Å². The Hall–Kier alpha value is -0.0800. The first-order chi connectivity index (χ1) is 9.23. The monoisotopic (exact) mass is 284 g/mol. The Labute approximate surface area is 128 Å². The zero-order valence-electron chi connectivity index (χ0n) is 15.2. The predicted octanol–water partition coefficient (Wildman–Crippen LogP) is 4.45. The summed E-state index contributed by atoms with van der Waals surface area (Å²) in [7, 11) is 0. The van der Waals surface area contributed by atoms with Crippen LogP contribution in [0.4, 0.5) is 0 Å². The molecular weight excluding hydrogens is 244 g/mol. The van der Waals surface area contributed by atoms with Gasteiger partial charge in [0.2, 0.25) is 0 Å². The predicted molar refractivity (Wildman–Crippen MR) is 92.3 cm³/mol. The molecule has 0 aromatic heterocycles. The number of rotatable bonds is 12. The van der Waals surface area contributed by atoms with E-state index in [4.69, 9.17) is 0 Å². The molecule has 0 aliphatic rings. The van der Waals surface area contributed by atoms with Crippen LogP contribution in [0, 0.1) is 17.8 Å². The quantitative estimate of drug-likeness (QED) is 0.517. The van der Waals surface area contributed by atoms with E-state index in [0.29, 0.717) is 0 Å². The van der Waals surface area contributed by atoms with Crippen LogP contribution in [0.2, 0.25) is 0 Å². The van der Waals surface area contributed by atoms with Gasteiger partial charge in [0.25, 0.3) is 0 Å². The fourth-order valence-electron chi connectivity index (χ4n) is 2.70. The Bertz CT molecular complexity index is 221. The van der Waals surface area contributed by atoms with Gasteiger partial charge in [0.15, 0.2) is 0 Å². The van der Waals surface area contributed by atoms with E-state index in [1.54, 1.807) is 0 Å². The fraction of sp³-hybridized carbons (Fsp3) is 1.00. The van der Waals surface area contributed by atoms with Crippen molar-refractivity contribution in [3.63, 3.8) is 0 Å². The van der Waals surface area contributed by atoms with Gasteiger partial charge < -0.3 is 10.6 Å². The molecule has 0 fully saturated rings. The molecule has 1 unspecified atom stereocenters. The summed E-state index contributed by atoms with van der Waals surface area (Å²) in [5.41, 5.74) is 0.258. The van der Waals surface area contributed by atoms with Crippen LogP contribution in [-0.2, 0) is 0 Å². The van der Waals surface area contributed by atoms with Crippen LogP contribution in [0.1, 0.15) is 74.1 Å². The van der Waals surface area contributed by atoms with Crippen LogP contribution < -0.4 is 10.6 Å². The van der Waals surface area contributed by atoms with E-state index in [1.807, 2.05) is 0 Å². The summed E-state index contributed by atoms with van der Waals surface area (Å²) >= 11 is 0. The highest BCUT2D eigenvalue weighted by atomic mass is 15.0. The molecular formula is C18H40N2. The molecule has 0 aromatic rings. The fourth-order valence-corrected chi connectivity index (χ4v) is 2.70. The van der Waals surface area contributed by atoms with E-state index in [9.17, 15) is 0 Å². The Morgan fingerprint density at radius 3 is 2.00 bits per heavy atom. The highest BCUT2D eigenvalue weighted by Crippen LogP contribution is 2.16. The Morgan fingerprint density at radius 1 is 0.850 bits per heavy atom. The van der Waals surface area contributed by atoms with Gasteiger partial charge in [0.05, 0.1) is 0 Å². The molecule has 0 aliphatic heterocycles. The summed E-state index contributed by atoms with van der Waals surface area (Å²) in [6, 6.07) is 0. The summed E-state index contributed by atoms with van der Waals surface area (Å²) in [5, 5.41) is 7.32. The minimum absolute atomic E-state index is 0.258. The molecule has 1 atom stereocenters. The van der Waals surface area contributed by atoms with Gasteiger partial charge in [-0.1, -0.05) is 34.6 Å². The first kappa shape index (κ1) is 19.9. The second kappa shape index (κ2) is 10.6. The smallest absolute Gasteiger partial charge is 0.0128 e. The first-order valence-electron chi connectivity index (χ1n) is 8.68. The zero-order valence-corrected chi connectivity index (χ0v) is 15.2. The van der Waals surface area contributed by atoms with Gasteiger partial charge in [0.1, 0.15) is 0 Å². The summed E-state index contributed by atoms with van der Waals surface area (Å²) in [6.45, 7) is 19.7. The van der Waals surface area contributed by atoms with Gasteiger partial charge in [-0.25, -0.2) is 0 Å². The Kier molecular flexibility index (Phi) is 10.6. The van der Waals surface area contributed by atoms with Crippen molar-refractivity contribution in [2.24, 2.45) is 17.8 Å². The lowest BCUT2D eigenvalue weighted by Crippen LogP contribution is -2.42. The molecule has 122 valence electrons. The molecule has 0 radical (unpaired) electrons. The SMILES string of the molecule is CC(C)CCCNCC(C)CC(C)(C)NCCC(C)C. The van der Waals surface area contributed by atoms with Gasteiger partial charge in [-0.2, -0.15) is 0 Å². The average Bonchev–Trinajstić information content (AvgIpc) is 2.26. The van der Waals surface area contributed by atoms with E-state index in [-0.39, 0.29) is 5.54 Å². The largest absolute Gasteiger partial charge is 0.316 e. The van der Waals surface area contributed by atoms with E-state index in [0.717, 1.165) is 30.8 Å². The first-order valence-corrected chi connectivity index (χ1v) is 8.68. The molecule has 2 N–H and O–H groups in total. The normalized spacial score (nSPS) is 14.2. The lowest BCUT2D eigenvalue weighted by molar-refractivity contribution is 0.294. The summed E-state index contributed by atoms with van der Waals surface area (Å²) in [5.74, 6) is 2.35. The van der Waals surface area contributed by atoms with Crippen LogP contribution >= 0.6 is 0 Å². The third-order valence-corrected chi connectivity index (χ3v) is 3.81. The molecule has 0 amide bonds. The van der Waals surface area contributed by atoms with E-state index >= 15 is 0 Å². The maximum atomic E-state index is 3.71. The number of hydrogen-bond acceptors (Lipinski definition) is 2. The second-order valence-corrected chi connectivity index (χ2v) is 8.04. The average molecular weight is 285 g/mol. The summed E-state index contributed by atoms with van der Waals surface area (Å²) < 4.78 is 0. The van der Waals surface area contributed by atoms with Gasteiger partial charge in [-0.15, -0.1) is 0 Å². The molecule has 20 heavy (non-hydrogen) atoms. The molecule has 0 heterocycles. The van der Waals surface area contributed by atoms with Crippen molar-refractivity contribution in [3.05, 3.63) is 0 Å². The molecule has 0 saturated carbocycles. The van der Waals surface area contributed by atoms with E-state index in [1.165, 1.54) is 32.2 Å². The lowest BCUT2D eigenvalue weighted by atomic mass is 9.91. The highest BCUT2D eigenvalue weighted by molar-refractivity contribution is 4.80. The molecule has 2 nitrogen and oxygen atoms in total. The van der Waals surface area contributed by atoms with Crippen LogP contribution in [-0.4, -0.2) is 25.2 Å². The molecule has 0 saturated heterocycles. The zero-order chi connectivity index (χ0) is 15.6. The third kappa shape index (κ3) is 12.9. The van der Waals surface area contributed by atoms with Crippen molar-refractivity contribution in [2.45, 2.75) is 79.7 Å². The Morgan fingerprint density at radius 2 is 1.45 bits per heavy atom. The number of nitrogens with one attached hydrogen (secondary N) is 2. The lowest BCUT2D eigenvalue weighted by Gasteiger charge is -2.30. The minimum atomic E-state index is 0.258. The Balaban J connectivity index is 3.68. The molecule has 0 aliphatic carbocycles. The third-order valence-electron chi connectivity index (χ3n) is 3.81. The van der Waals surface area contributed by atoms with Crippen molar-refractivity contribution < 1.29 is 0 Å². The highest BCUT2D eigenvalue weighted by Gasteiger charge is 2.20. The minimum Gasteiger partial charge on any atom is -0.316 e. The summed E-state index contributed by atoms with van der Waals surface area (Å²) in [4.78, 5) is 0. The molecule has 0 aromatic carbocycles. The molecule has 0 bridgehead atoms. The van der Waals surface area contributed by atoms with Gasteiger partial charge in [-0.05, 0) is 76.9 Å². The number of hydrogen-bond donors (Lipinski definition) is 2. The van der Waals surface area contributed by atoms with Gasteiger partial charge in [0, 0.05) is 5.54 Å². The van der Waals surface area contributed by atoms with Crippen molar-refractivity contribution in [1.29, 1.82) is 0 Å². The van der Waals surface area contributed by atoms with Crippen molar-refractivity contribution >= 4 is 0 Å². The van der Waals surface area contributed by atoms with E-state index < -0.39 is 0 Å². The van der Waals surface area contributed by atoms with Crippen molar-refractivity contribution in [3.8, 4) is 0 Å². The molecule has 0 rings (SSSR count). The summed E-state index contributed by atoms with van der Waals surface area (Å²) in [6.07, 6.45) is 5.15. The van der Waals surface area contributed by atoms with Crippen LogP contribution in [0.5, 0.6) is 0 Å². The van der Waals surface area contributed by atoms with Crippen LogP contribution in [0.15, 0.2) is 0 Å². The topological polar surface area (TPSA) is 24.1 Å². The molecule has 0 spiro atoms. The van der Waals surface area contributed by atoms with E-state index in [2.05, 4.69) is 59.1 Å². The maximum absolute atomic E-state index is 3.71. The maximum Gasteiger partial charge on any atom is 0.0128 e. The van der Waals surface area contributed by atoms with Crippen LogP contribution in [0.3, 0.4) is 0 Å². The van der Waals surface area contributed by atoms with Crippen molar-refractivity contribution in [2.75, 3.05) is 19.6 Å². The second-order valence-electron chi connectivity index (χ2n) is 8.04. The van der Waals surface area contributed by atoms with Crippen molar-refractivity contribution in [1.82, 2.24) is 10.6 Å². The van der Waals surface area contributed by atoms with Gasteiger partial charge >= 0.3 is 0 Å². The molecule has 2 heteroatoms.